The van der Waals surface area contributed by atoms with Gasteiger partial charge in [-0.05, 0) is 50.0 Å². The van der Waals surface area contributed by atoms with E-state index in [9.17, 15) is 4.79 Å². The van der Waals surface area contributed by atoms with Crippen LogP contribution in [0, 0.1) is 5.92 Å². The fourth-order valence-electron chi connectivity index (χ4n) is 2.61. The van der Waals surface area contributed by atoms with Crippen molar-refractivity contribution < 1.29 is 4.79 Å². The highest BCUT2D eigenvalue weighted by Crippen LogP contribution is 2.23. The summed E-state index contributed by atoms with van der Waals surface area (Å²) in [6.07, 6.45) is 2.49. The molecule has 0 saturated carbocycles. The zero-order valence-corrected chi connectivity index (χ0v) is 13.2. The fraction of sp³-hybridized carbons (Fsp3) is 0.533. The molecule has 1 saturated heterocycles. The van der Waals surface area contributed by atoms with E-state index in [0.29, 0.717) is 22.4 Å². The lowest BCUT2D eigenvalue weighted by molar-refractivity contribution is -0.131. The molecule has 1 N–H and O–H groups in total. The van der Waals surface area contributed by atoms with E-state index in [1.807, 2.05) is 18.0 Å². The van der Waals surface area contributed by atoms with Crippen molar-refractivity contribution in [2.45, 2.75) is 19.3 Å². The minimum absolute atomic E-state index is 0.150. The molecule has 5 heteroatoms. The van der Waals surface area contributed by atoms with Crippen molar-refractivity contribution in [3.63, 3.8) is 0 Å². The molecule has 0 aromatic heterocycles. The highest BCUT2D eigenvalue weighted by molar-refractivity contribution is 6.35. The predicted octanol–water partition coefficient (Wildman–Crippen LogP) is 2.99. The Hall–Kier alpha value is -0.770. The summed E-state index contributed by atoms with van der Waals surface area (Å²) < 4.78 is 0. The Balaban J connectivity index is 1.89. The van der Waals surface area contributed by atoms with Crippen LogP contribution in [0.15, 0.2) is 18.2 Å². The SMILES string of the molecule is CNCC1CCN(C(=O)Cc2ccc(Cl)cc2Cl)CC1. The van der Waals surface area contributed by atoms with Crippen LogP contribution in [0.2, 0.25) is 10.0 Å². The zero-order valence-electron chi connectivity index (χ0n) is 11.7. The molecule has 1 aliphatic heterocycles. The number of piperidine rings is 1. The first-order chi connectivity index (χ1) is 9.60. The summed E-state index contributed by atoms with van der Waals surface area (Å²) in [6, 6.07) is 5.29. The van der Waals surface area contributed by atoms with Crippen molar-refractivity contribution in [3.8, 4) is 0 Å². The van der Waals surface area contributed by atoms with Gasteiger partial charge in [0.05, 0.1) is 6.42 Å². The average molecular weight is 315 g/mol. The molecule has 110 valence electrons. The van der Waals surface area contributed by atoms with Crippen LogP contribution in [0.1, 0.15) is 18.4 Å². The van der Waals surface area contributed by atoms with Crippen molar-refractivity contribution in [1.82, 2.24) is 10.2 Å². The summed E-state index contributed by atoms with van der Waals surface area (Å²) in [5.41, 5.74) is 0.846. The Morgan fingerprint density at radius 2 is 2.05 bits per heavy atom. The third kappa shape index (κ3) is 4.11. The van der Waals surface area contributed by atoms with Crippen molar-refractivity contribution in [2.75, 3.05) is 26.7 Å². The number of amides is 1. The molecule has 0 atom stereocenters. The van der Waals surface area contributed by atoms with Crippen molar-refractivity contribution >= 4 is 29.1 Å². The van der Waals surface area contributed by atoms with E-state index in [1.54, 1.807) is 12.1 Å². The number of rotatable bonds is 4. The normalized spacial score (nSPS) is 16.4. The molecule has 0 bridgehead atoms. The lowest BCUT2D eigenvalue weighted by Crippen LogP contribution is -2.41. The Bertz CT molecular complexity index is 471. The van der Waals surface area contributed by atoms with E-state index in [4.69, 9.17) is 23.2 Å². The van der Waals surface area contributed by atoms with Gasteiger partial charge in [-0.15, -0.1) is 0 Å². The first-order valence-corrected chi connectivity index (χ1v) is 7.72. The van der Waals surface area contributed by atoms with Gasteiger partial charge in [-0.1, -0.05) is 29.3 Å². The van der Waals surface area contributed by atoms with Gasteiger partial charge in [0.2, 0.25) is 5.91 Å². The molecule has 0 aliphatic carbocycles. The van der Waals surface area contributed by atoms with Crippen LogP contribution >= 0.6 is 23.2 Å². The second kappa shape index (κ2) is 7.30. The second-order valence-corrected chi connectivity index (χ2v) is 6.14. The summed E-state index contributed by atoms with van der Waals surface area (Å²) in [6.45, 7) is 2.72. The Labute approximate surface area is 130 Å². The molecule has 0 radical (unpaired) electrons. The minimum Gasteiger partial charge on any atom is -0.342 e. The first kappa shape index (κ1) is 15.6. The highest BCUT2D eigenvalue weighted by Gasteiger charge is 2.22. The fourth-order valence-corrected chi connectivity index (χ4v) is 3.09. The van der Waals surface area contributed by atoms with Gasteiger partial charge in [-0.3, -0.25) is 4.79 Å². The molecular weight excluding hydrogens is 295 g/mol. The largest absolute Gasteiger partial charge is 0.342 e. The number of hydrogen-bond acceptors (Lipinski definition) is 2. The van der Waals surface area contributed by atoms with Crippen LogP contribution in [-0.2, 0) is 11.2 Å². The monoisotopic (exact) mass is 314 g/mol. The maximum atomic E-state index is 12.3. The number of carbonyl (C=O) groups is 1. The maximum absolute atomic E-state index is 12.3. The Morgan fingerprint density at radius 3 is 2.65 bits per heavy atom. The van der Waals surface area contributed by atoms with Gasteiger partial charge in [0.1, 0.15) is 0 Å². The van der Waals surface area contributed by atoms with Crippen LogP contribution in [-0.4, -0.2) is 37.5 Å². The van der Waals surface area contributed by atoms with Crippen molar-refractivity contribution in [2.24, 2.45) is 5.92 Å². The van der Waals surface area contributed by atoms with Gasteiger partial charge >= 0.3 is 0 Å². The van der Waals surface area contributed by atoms with E-state index in [1.165, 1.54) is 0 Å². The predicted molar refractivity (Wildman–Crippen MR) is 83.4 cm³/mol. The van der Waals surface area contributed by atoms with Gasteiger partial charge in [-0.25, -0.2) is 0 Å². The third-order valence-corrected chi connectivity index (χ3v) is 4.40. The molecule has 0 spiro atoms. The number of likely N-dealkylation sites (tertiary alicyclic amines) is 1. The summed E-state index contributed by atoms with van der Waals surface area (Å²) in [4.78, 5) is 14.2. The van der Waals surface area contributed by atoms with E-state index < -0.39 is 0 Å². The van der Waals surface area contributed by atoms with E-state index in [2.05, 4.69) is 5.32 Å². The molecule has 1 fully saturated rings. The molecule has 3 nitrogen and oxygen atoms in total. The van der Waals surface area contributed by atoms with Crippen LogP contribution in [0.5, 0.6) is 0 Å². The van der Waals surface area contributed by atoms with E-state index in [-0.39, 0.29) is 5.91 Å². The molecule has 0 unspecified atom stereocenters. The van der Waals surface area contributed by atoms with Gasteiger partial charge in [0.15, 0.2) is 0 Å². The quantitative estimate of drug-likeness (QED) is 0.926. The molecule has 1 aliphatic rings. The molecule has 1 aromatic rings. The number of nitrogens with one attached hydrogen (secondary N) is 1. The molecule has 20 heavy (non-hydrogen) atoms. The van der Waals surface area contributed by atoms with E-state index >= 15 is 0 Å². The summed E-state index contributed by atoms with van der Waals surface area (Å²) in [7, 11) is 1.97. The van der Waals surface area contributed by atoms with Gasteiger partial charge in [0.25, 0.3) is 0 Å². The van der Waals surface area contributed by atoms with Crippen molar-refractivity contribution in [3.05, 3.63) is 33.8 Å². The zero-order chi connectivity index (χ0) is 14.5. The lowest BCUT2D eigenvalue weighted by Gasteiger charge is -2.32. The summed E-state index contributed by atoms with van der Waals surface area (Å²) in [5, 5.41) is 4.36. The smallest absolute Gasteiger partial charge is 0.227 e. The number of nitrogens with zero attached hydrogens (tertiary/aromatic N) is 1. The maximum Gasteiger partial charge on any atom is 0.227 e. The Kier molecular flexibility index (Phi) is 5.70. The minimum atomic E-state index is 0.150. The summed E-state index contributed by atoms with van der Waals surface area (Å²) in [5.74, 6) is 0.834. The number of hydrogen-bond donors (Lipinski definition) is 1. The van der Waals surface area contributed by atoms with Gasteiger partial charge in [0, 0.05) is 23.1 Å². The highest BCUT2D eigenvalue weighted by atomic mass is 35.5. The average Bonchev–Trinajstić information content (AvgIpc) is 2.43. The Morgan fingerprint density at radius 1 is 1.35 bits per heavy atom. The standard InChI is InChI=1S/C15H20Cl2N2O/c1-18-10-11-4-6-19(7-5-11)15(20)8-12-2-3-13(16)9-14(12)17/h2-3,9,11,18H,4-8,10H2,1H3. The third-order valence-electron chi connectivity index (χ3n) is 3.82. The first-order valence-electron chi connectivity index (χ1n) is 6.96. The van der Waals surface area contributed by atoms with Crippen LogP contribution in [0.3, 0.4) is 0 Å². The molecule has 1 heterocycles. The van der Waals surface area contributed by atoms with Crippen LogP contribution in [0.25, 0.3) is 0 Å². The number of halogens is 2. The molecular formula is C15H20Cl2N2O. The summed E-state index contributed by atoms with van der Waals surface area (Å²) >= 11 is 12.0. The topological polar surface area (TPSA) is 32.3 Å². The number of benzene rings is 1. The molecule has 1 aromatic carbocycles. The van der Waals surface area contributed by atoms with E-state index in [0.717, 1.165) is 38.0 Å². The van der Waals surface area contributed by atoms with Gasteiger partial charge in [-0.2, -0.15) is 0 Å². The van der Waals surface area contributed by atoms with Crippen molar-refractivity contribution in [1.29, 1.82) is 0 Å². The van der Waals surface area contributed by atoms with Gasteiger partial charge < -0.3 is 10.2 Å². The van der Waals surface area contributed by atoms with Crippen LogP contribution < -0.4 is 5.32 Å². The van der Waals surface area contributed by atoms with Crippen LogP contribution in [0.4, 0.5) is 0 Å². The molecule has 2 rings (SSSR count). The second-order valence-electron chi connectivity index (χ2n) is 5.29. The molecule has 1 amide bonds. The number of carbonyl (C=O) groups excluding carboxylic acids is 1. The lowest BCUT2D eigenvalue weighted by atomic mass is 9.96.